The standard InChI is InChI=1S/C19H23NO3/c1-14-6-4-5-7-15(14)12-20-18(21)13-23-17-10-8-16(9-11-17)19(2,3)22/h4-11,22H,12-13H2,1-3H3,(H,20,21). The zero-order valence-electron chi connectivity index (χ0n) is 13.8. The first-order chi connectivity index (χ1) is 10.9. The van der Waals surface area contributed by atoms with E-state index in [0.717, 1.165) is 16.7 Å². The minimum absolute atomic E-state index is 0.0340. The van der Waals surface area contributed by atoms with Crippen LogP contribution in [0.15, 0.2) is 48.5 Å². The molecule has 2 aromatic carbocycles. The molecule has 0 aliphatic rings. The summed E-state index contributed by atoms with van der Waals surface area (Å²) in [6, 6.07) is 15.0. The molecule has 0 aliphatic heterocycles. The number of benzene rings is 2. The van der Waals surface area contributed by atoms with Gasteiger partial charge < -0.3 is 15.2 Å². The van der Waals surface area contributed by atoms with E-state index >= 15 is 0 Å². The van der Waals surface area contributed by atoms with Gasteiger partial charge in [0.05, 0.1) is 5.60 Å². The van der Waals surface area contributed by atoms with Gasteiger partial charge in [-0.15, -0.1) is 0 Å². The number of aliphatic hydroxyl groups is 1. The molecule has 0 saturated carbocycles. The van der Waals surface area contributed by atoms with Gasteiger partial charge in [0.2, 0.25) is 0 Å². The van der Waals surface area contributed by atoms with Crippen molar-refractivity contribution in [3.63, 3.8) is 0 Å². The molecule has 2 rings (SSSR count). The molecule has 2 aromatic rings. The number of amides is 1. The summed E-state index contributed by atoms with van der Waals surface area (Å²) >= 11 is 0. The highest BCUT2D eigenvalue weighted by Gasteiger charge is 2.15. The van der Waals surface area contributed by atoms with E-state index in [1.54, 1.807) is 38.1 Å². The van der Waals surface area contributed by atoms with Crippen LogP contribution in [-0.2, 0) is 16.9 Å². The monoisotopic (exact) mass is 313 g/mol. The highest BCUT2D eigenvalue weighted by atomic mass is 16.5. The Bertz CT molecular complexity index is 657. The SMILES string of the molecule is Cc1ccccc1CNC(=O)COc1ccc(C(C)(C)O)cc1. The minimum Gasteiger partial charge on any atom is -0.484 e. The predicted octanol–water partition coefficient (Wildman–Crippen LogP) is 2.92. The Morgan fingerprint density at radius 1 is 1.13 bits per heavy atom. The third kappa shape index (κ3) is 5.11. The number of hydrogen-bond acceptors (Lipinski definition) is 3. The molecule has 0 bridgehead atoms. The lowest BCUT2D eigenvalue weighted by atomic mass is 9.99. The molecule has 0 saturated heterocycles. The van der Waals surface area contributed by atoms with Gasteiger partial charge >= 0.3 is 0 Å². The van der Waals surface area contributed by atoms with Crippen molar-refractivity contribution >= 4 is 5.91 Å². The van der Waals surface area contributed by atoms with Crippen LogP contribution in [-0.4, -0.2) is 17.6 Å². The maximum atomic E-state index is 11.9. The summed E-state index contributed by atoms with van der Waals surface area (Å²) in [6.45, 7) is 5.92. The largest absolute Gasteiger partial charge is 0.484 e. The van der Waals surface area contributed by atoms with Crippen LogP contribution in [0.3, 0.4) is 0 Å². The lowest BCUT2D eigenvalue weighted by Gasteiger charge is -2.17. The van der Waals surface area contributed by atoms with E-state index in [-0.39, 0.29) is 12.5 Å². The number of hydrogen-bond donors (Lipinski definition) is 2. The highest BCUT2D eigenvalue weighted by molar-refractivity contribution is 5.77. The van der Waals surface area contributed by atoms with E-state index in [9.17, 15) is 9.90 Å². The van der Waals surface area contributed by atoms with Crippen LogP contribution < -0.4 is 10.1 Å². The summed E-state index contributed by atoms with van der Waals surface area (Å²) in [6.07, 6.45) is 0. The van der Waals surface area contributed by atoms with Crippen molar-refractivity contribution in [1.29, 1.82) is 0 Å². The van der Waals surface area contributed by atoms with Crippen LogP contribution in [0, 0.1) is 6.92 Å². The number of carbonyl (C=O) groups is 1. The number of nitrogens with one attached hydrogen (secondary N) is 1. The van der Waals surface area contributed by atoms with Gasteiger partial charge in [0, 0.05) is 6.54 Å². The van der Waals surface area contributed by atoms with Gasteiger partial charge in [-0.05, 0) is 49.6 Å². The molecule has 23 heavy (non-hydrogen) atoms. The van der Waals surface area contributed by atoms with Crippen LogP contribution >= 0.6 is 0 Å². The van der Waals surface area contributed by atoms with Crippen LogP contribution in [0.2, 0.25) is 0 Å². The Balaban J connectivity index is 1.81. The molecule has 0 aliphatic carbocycles. The van der Waals surface area contributed by atoms with Crippen molar-refractivity contribution in [3.05, 3.63) is 65.2 Å². The third-order valence-electron chi connectivity index (χ3n) is 3.67. The average molecular weight is 313 g/mol. The van der Waals surface area contributed by atoms with Gasteiger partial charge in [-0.3, -0.25) is 4.79 Å². The number of ether oxygens (including phenoxy) is 1. The van der Waals surface area contributed by atoms with E-state index in [0.29, 0.717) is 12.3 Å². The van der Waals surface area contributed by atoms with Crippen molar-refractivity contribution in [2.75, 3.05) is 6.61 Å². The normalized spacial score (nSPS) is 11.1. The van der Waals surface area contributed by atoms with Crippen molar-refractivity contribution < 1.29 is 14.6 Å². The Morgan fingerprint density at radius 3 is 2.39 bits per heavy atom. The van der Waals surface area contributed by atoms with Crippen LogP contribution in [0.4, 0.5) is 0 Å². The minimum atomic E-state index is -0.885. The van der Waals surface area contributed by atoms with Crippen LogP contribution in [0.25, 0.3) is 0 Å². The van der Waals surface area contributed by atoms with E-state index in [1.807, 2.05) is 31.2 Å². The molecular weight excluding hydrogens is 290 g/mol. The Kier molecular flexibility index (Phi) is 5.40. The van der Waals surface area contributed by atoms with Crippen molar-refractivity contribution in [2.45, 2.75) is 32.9 Å². The number of aryl methyl sites for hydroxylation is 1. The van der Waals surface area contributed by atoms with E-state index in [1.165, 1.54) is 0 Å². The molecule has 0 spiro atoms. The molecule has 0 atom stereocenters. The van der Waals surface area contributed by atoms with Crippen LogP contribution in [0.5, 0.6) is 5.75 Å². The first-order valence-electron chi connectivity index (χ1n) is 7.63. The molecule has 4 nitrogen and oxygen atoms in total. The van der Waals surface area contributed by atoms with Crippen molar-refractivity contribution in [3.8, 4) is 5.75 Å². The second kappa shape index (κ2) is 7.29. The average Bonchev–Trinajstić information content (AvgIpc) is 2.51. The van der Waals surface area contributed by atoms with Gasteiger partial charge in [0.1, 0.15) is 5.75 Å². The molecule has 4 heteroatoms. The molecule has 0 heterocycles. The molecule has 122 valence electrons. The van der Waals surface area contributed by atoms with Crippen LogP contribution in [0.1, 0.15) is 30.5 Å². The van der Waals surface area contributed by atoms with E-state index < -0.39 is 5.60 Å². The van der Waals surface area contributed by atoms with E-state index in [2.05, 4.69) is 5.32 Å². The third-order valence-corrected chi connectivity index (χ3v) is 3.67. The summed E-state index contributed by atoms with van der Waals surface area (Å²) in [5, 5.41) is 12.7. The Hall–Kier alpha value is -2.33. The van der Waals surface area contributed by atoms with E-state index in [4.69, 9.17) is 4.74 Å². The number of rotatable bonds is 6. The van der Waals surface area contributed by atoms with Crippen molar-refractivity contribution in [2.24, 2.45) is 0 Å². The smallest absolute Gasteiger partial charge is 0.258 e. The maximum Gasteiger partial charge on any atom is 0.258 e. The summed E-state index contributed by atoms with van der Waals surface area (Å²) in [5.41, 5.74) is 2.16. The summed E-state index contributed by atoms with van der Waals surface area (Å²) < 4.78 is 5.46. The lowest BCUT2D eigenvalue weighted by Crippen LogP contribution is -2.28. The number of carbonyl (C=O) groups excluding carboxylic acids is 1. The first-order valence-corrected chi connectivity index (χ1v) is 7.63. The van der Waals surface area contributed by atoms with Gasteiger partial charge in [-0.1, -0.05) is 36.4 Å². The lowest BCUT2D eigenvalue weighted by molar-refractivity contribution is -0.123. The highest BCUT2D eigenvalue weighted by Crippen LogP contribution is 2.22. The predicted molar refractivity (Wildman–Crippen MR) is 90.2 cm³/mol. The van der Waals surface area contributed by atoms with Gasteiger partial charge in [0.15, 0.2) is 6.61 Å². The summed E-state index contributed by atoms with van der Waals surface area (Å²) in [7, 11) is 0. The zero-order valence-corrected chi connectivity index (χ0v) is 13.8. The van der Waals surface area contributed by atoms with Gasteiger partial charge in [-0.25, -0.2) is 0 Å². The second-order valence-electron chi connectivity index (χ2n) is 6.08. The molecular formula is C19H23NO3. The first kappa shape index (κ1) is 17.0. The zero-order chi connectivity index (χ0) is 16.9. The molecule has 0 radical (unpaired) electrons. The summed E-state index contributed by atoms with van der Waals surface area (Å²) in [4.78, 5) is 11.9. The van der Waals surface area contributed by atoms with Gasteiger partial charge in [0.25, 0.3) is 5.91 Å². The molecule has 1 amide bonds. The molecule has 0 fully saturated rings. The molecule has 0 aromatic heterocycles. The molecule has 0 unspecified atom stereocenters. The quantitative estimate of drug-likeness (QED) is 0.862. The molecule has 2 N–H and O–H groups in total. The maximum absolute atomic E-state index is 11.9. The fourth-order valence-corrected chi connectivity index (χ4v) is 2.16. The fourth-order valence-electron chi connectivity index (χ4n) is 2.16. The topological polar surface area (TPSA) is 58.6 Å². The van der Waals surface area contributed by atoms with Crippen molar-refractivity contribution in [1.82, 2.24) is 5.32 Å². The Labute approximate surface area is 137 Å². The second-order valence-corrected chi connectivity index (χ2v) is 6.08. The summed E-state index contributed by atoms with van der Waals surface area (Å²) in [5.74, 6) is 0.434. The van der Waals surface area contributed by atoms with Gasteiger partial charge in [-0.2, -0.15) is 0 Å². The Morgan fingerprint density at radius 2 is 1.78 bits per heavy atom. The fraction of sp³-hybridized carbons (Fsp3) is 0.316.